The Labute approximate surface area is 155 Å². The number of anilines is 1. The number of carbonyl (C=O) groups excluding carboxylic acids is 1. The highest BCUT2D eigenvalue weighted by Gasteiger charge is 2.16. The van der Waals surface area contributed by atoms with Gasteiger partial charge in [-0.05, 0) is 55.8 Å². The van der Waals surface area contributed by atoms with Crippen molar-refractivity contribution in [3.05, 3.63) is 74.7 Å². The topological polar surface area (TPSA) is 51.2 Å². The number of aromatic nitrogens is 1. The number of thiazole rings is 1. The van der Waals surface area contributed by atoms with Crippen molar-refractivity contribution in [2.45, 2.75) is 20.5 Å². The number of ether oxygens (including phenoxy) is 1. The van der Waals surface area contributed by atoms with Gasteiger partial charge in [-0.15, -0.1) is 11.3 Å². The Balaban J connectivity index is 1.67. The van der Waals surface area contributed by atoms with Crippen molar-refractivity contribution in [1.29, 1.82) is 0 Å². The highest BCUT2D eigenvalue weighted by molar-refractivity contribution is 7.13. The molecule has 1 heterocycles. The average molecular weight is 373 g/mol. The van der Waals surface area contributed by atoms with E-state index in [0.717, 1.165) is 16.3 Å². The first-order chi connectivity index (χ1) is 12.0. The maximum Gasteiger partial charge on any atom is 0.267 e. The lowest BCUT2D eigenvalue weighted by molar-refractivity contribution is 0.103. The SMILES string of the molecule is Cc1cccc(NC(=O)c2sc(COc3ccc(Cl)cc3)nc2C)c1. The van der Waals surface area contributed by atoms with Gasteiger partial charge in [0.05, 0.1) is 5.69 Å². The number of amides is 1. The summed E-state index contributed by atoms with van der Waals surface area (Å²) < 4.78 is 5.69. The van der Waals surface area contributed by atoms with Crippen molar-refractivity contribution in [2.24, 2.45) is 0 Å². The average Bonchev–Trinajstić information content (AvgIpc) is 2.95. The number of halogens is 1. The van der Waals surface area contributed by atoms with Crippen molar-refractivity contribution < 1.29 is 9.53 Å². The van der Waals surface area contributed by atoms with Crippen LogP contribution in [0.2, 0.25) is 5.02 Å². The van der Waals surface area contributed by atoms with E-state index in [2.05, 4.69) is 10.3 Å². The normalized spacial score (nSPS) is 10.5. The molecule has 0 radical (unpaired) electrons. The monoisotopic (exact) mass is 372 g/mol. The molecule has 128 valence electrons. The summed E-state index contributed by atoms with van der Waals surface area (Å²) in [5.41, 5.74) is 2.57. The molecule has 0 spiro atoms. The molecule has 0 aliphatic carbocycles. The second-order valence-corrected chi connectivity index (χ2v) is 7.11. The number of rotatable bonds is 5. The summed E-state index contributed by atoms with van der Waals surface area (Å²) in [7, 11) is 0. The summed E-state index contributed by atoms with van der Waals surface area (Å²) in [6.07, 6.45) is 0. The molecule has 2 aromatic carbocycles. The van der Waals surface area contributed by atoms with Crippen molar-refractivity contribution in [3.63, 3.8) is 0 Å². The Morgan fingerprint density at radius 2 is 1.96 bits per heavy atom. The second-order valence-electron chi connectivity index (χ2n) is 5.59. The maximum absolute atomic E-state index is 12.5. The van der Waals surface area contributed by atoms with E-state index in [-0.39, 0.29) is 5.91 Å². The number of hydrogen-bond donors (Lipinski definition) is 1. The van der Waals surface area contributed by atoms with Crippen LogP contribution in [0.5, 0.6) is 5.75 Å². The summed E-state index contributed by atoms with van der Waals surface area (Å²) in [5, 5.41) is 4.32. The second kappa shape index (κ2) is 7.68. The predicted molar refractivity (Wildman–Crippen MR) is 102 cm³/mol. The fourth-order valence-electron chi connectivity index (χ4n) is 2.31. The van der Waals surface area contributed by atoms with Crippen LogP contribution in [0.25, 0.3) is 0 Å². The molecule has 0 bridgehead atoms. The van der Waals surface area contributed by atoms with E-state index < -0.39 is 0 Å². The van der Waals surface area contributed by atoms with Crippen LogP contribution in [-0.4, -0.2) is 10.9 Å². The molecular weight excluding hydrogens is 356 g/mol. The van der Waals surface area contributed by atoms with Gasteiger partial charge in [0.25, 0.3) is 5.91 Å². The zero-order chi connectivity index (χ0) is 17.8. The number of nitrogens with one attached hydrogen (secondary N) is 1. The smallest absolute Gasteiger partial charge is 0.267 e. The number of carbonyl (C=O) groups is 1. The largest absolute Gasteiger partial charge is 0.486 e. The van der Waals surface area contributed by atoms with E-state index in [9.17, 15) is 4.79 Å². The van der Waals surface area contributed by atoms with E-state index >= 15 is 0 Å². The Hall–Kier alpha value is -2.37. The van der Waals surface area contributed by atoms with Crippen LogP contribution >= 0.6 is 22.9 Å². The third-order valence-corrected chi connectivity index (χ3v) is 4.88. The molecule has 0 aliphatic heterocycles. The molecule has 6 heteroatoms. The summed E-state index contributed by atoms with van der Waals surface area (Å²) in [6.45, 7) is 4.12. The predicted octanol–water partition coefficient (Wildman–Crippen LogP) is 5.24. The Morgan fingerprint density at radius 3 is 2.68 bits per heavy atom. The van der Waals surface area contributed by atoms with Crippen LogP contribution in [0.3, 0.4) is 0 Å². The lowest BCUT2D eigenvalue weighted by atomic mass is 10.2. The molecule has 0 atom stereocenters. The van der Waals surface area contributed by atoms with E-state index in [0.29, 0.717) is 28.0 Å². The molecule has 25 heavy (non-hydrogen) atoms. The van der Waals surface area contributed by atoms with Crippen molar-refractivity contribution in [2.75, 3.05) is 5.32 Å². The Morgan fingerprint density at radius 1 is 1.20 bits per heavy atom. The summed E-state index contributed by atoms with van der Waals surface area (Å²) in [5.74, 6) is 0.557. The molecule has 4 nitrogen and oxygen atoms in total. The lowest BCUT2D eigenvalue weighted by Crippen LogP contribution is -2.11. The quantitative estimate of drug-likeness (QED) is 0.665. The number of aryl methyl sites for hydroxylation is 2. The van der Waals surface area contributed by atoms with Crippen LogP contribution in [0.4, 0.5) is 5.69 Å². The van der Waals surface area contributed by atoms with Crippen molar-refractivity contribution >= 4 is 34.5 Å². The van der Waals surface area contributed by atoms with Crippen LogP contribution in [0.1, 0.15) is 25.9 Å². The first-order valence-corrected chi connectivity index (χ1v) is 8.93. The van der Waals surface area contributed by atoms with E-state index in [1.807, 2.05) is 38.1 Å². The van der Waals surface area contributed by atoms with Gasteiger partial charge < -0.3 is 10.1 Å². The van der Waals surface area contributed by atoms with Gasteiger partial charge in [-0.1, -0.05) is 23.7 Å². The molecule has 1 amide bonds. The zero-order valence-corrected chi connectivity index (χ0v) is 15.4. The van der Waals surface area contributed by atoms with E-state index in [1.165, 1.54) is 11.3 Å². The minimum absolute atomic E-state index is 0.154. The van der Waals surface area contributed by atoms with Gasteiger partial charge >= 0.3 is 0 Å². The van der Waals surface area contributed by atoms with Gasteiger partial charge in [-0.3, -0.25) is 4.79 Å². The molecule has 3 rings (SSSR count). The molecule has 1 N–H and O–H groups in total. The molecule has 0 aliphatic rings. The molecule has 0 fully saturated rings. The van der Waals surface area contributed by atoms with Gasteiger partial charge in [0.15, 0.2) is 0 Å². The van der Waals surface area contributed by atoms with Gasteiger partial charge in [0.1, 0.15) is 22.2 Å². The van der Waals surface area contributed by atoms with Crippen LogP contribution < -0.4 is 10.1 Å². The van der Waals surface area contributed by atoms with E-state index in [1.54, 1.807) is 24.3 Å². The van der Waals surface area contributed by atoms with Crippen LogP contribution in [0.15, 0.2) is 48.5 Å². The highest BCUT2D eigenvalue weighted by atomic mass is 35.5. The molecular formula is C19H17ClN2O2S. The maximum atomic E-state index is 12.5. The van der Waals surface area contributed by atoms with Crippen LogP contribution in [0, 0.1) is 13.8 Å². The van der Waals surface area contributed by atoms with Crippen molar-refractivity contribution in [1.82, 2.24) is 4.98 Å². The van der Waals surface area contributed by atoms with Gasteiger partial charge in [-0.25, -0.2) is 4.98 Å². The number of nitrogens with zero attached hydrogens (tertiary/aromatic N) is 1. The van der Waals surface area contributed by atoms with Crippen LogP contribution in [-0.2, 0) is 6.61 Å². The van der Waals surface area contributed by atoms with Gasteiger partial charge in [-0.2, -0.15) is 0 Å². The highest BCUT2D eigenvalue weighted by Crippen LogP contribution is 2.22. The number of benzene rings is 2. The summed E-state index contributed by atoms with van der Waals surface area (Å²) >= 11 is 7.19. The Bertz CT molecular complexity index is 891. The molecule has 0 unspecified atom stereocenters. The lowest BCUT2D eigenvalue weighted by Gasteiger charge is -2.04. The van der Waals surface area contributed by atoms with Gasteiger partial charge in [0, 0.05) is 10.7 Å². The Kier molecular flexibility index (Phi) is 5.36. The standard InChI is InChI=1S/C19H17ClN2O2S/c1-12-4-3-5-15(10-12)22-19(23)18-13(2)21-17(25-18)11-24-16-8-6-14(20)7-9-16/h3-10H,11H2,1-2H3,(H,22,23). The minimum Gasteiger partial charge on any atom is -0.486 e. The van der Waals surface area contributed by atoms with E-state index in [4.69, 9.17) is 16.3 Å². The minimum atomic E-state index is -0.154. The molecule has 0 saturated heterocycles. The summed E-state index contributed by atoms with van der Waals surface area (Å²) in [6, 6.07) is 14.8. The molecule has 1 aromatic heterocycles. The fraction of sp³-hybridized carbons (Fsp3) is 0.158. The van der Waals surface area contributed by atoms with Crippen molar-refractivity contribution in [3.8, 4) is 5.75 Å². The third kappa shape index (κ3) is 4.59. The fourth-order valence-corrected chi connectivity index (χ4v) is 3.31. The first kappa shape index (κ1) is 17.5. The molecule has 3 aromatic rings. The summed E-state index contributed by atoms with van der Waals surface area (Å²) in [4.78, 5) is 17.5. The number of hydrogen-bond acceptors (Lipinski definition) is 4. The zero-order valence-electron chi connectivity index (χ0n) is 13.9. The first-order valence-electron chi connectivity index (χ1n) is 7.74. The third-order valence-electron chi connectivity index (χ3n) is 3.50. The van der Waals surface area contributed by atoms with Gasteiger partial charge in [0.2, 0.25) is 0 Å². The molecule has 0 saturated carbocycles.